The molecule has 20 heavy (non-hydrogen) atoms. The summed E-state index contributed by atoms with van der Waals surface area (Å²) in [6.45, 7) is 1.86. The Labute approximate surface area is 120 Å². The third-order valence-electron chi connectivity index (χ3n) is 3.46. The van der Waals surface area contributed by atoms with Gasteiger partial charge >= 0.3 is 5.63 Å². The Morgan fingerprint density at radius 3 is 2.40 bits per heavy atom. The summed E-state index contributed by atoms with van der Waals surface area (Å²) >= 11 is 0. The van der Waals surface area contributed by atoms with E-state index in [4.69, 9.17) is 14.3 Å². The predicted octanol–water partition coefficient (Wildman–Crippen LogP) is 3.43. The molecule has 0 amide bonds. The van der Waals surface area contributed by atoms with Crippen LogP contribution in [0.3, 0.4) is 0 Å². The largest absolute Gasteiger partial charge is 0.496 e. The number of hydrogen-bond donors (Lipinski definition) is 1. The fourth-order valence-electron chi connectivity index (χ4n) is 2.25. The van der Waals surface area contributed by atoms with Gasteiger partial charge < -0.3 is 14.3 Å². The average Bonchev–Trinajstić information content (AvgIpc) is 2.45. The second-order valence-electron chi connectivity index (χ2n) is 5.08. The zero-order chi connectivity index (χ0) is 14.8. The molecule has 0 atom stereocenters. The van der Waals surface area contributed by atoms with Crippen LogP contribution in [-0.2, 0) is 13.0 Å². The summed E-state index contributed by atoms with van der Waals surface area (Å²) < 4.78 is 10.3. The molecule has 0 aliphatic carbocycles. The summed E-state index contributed by atoms with van der Waals surface area (Å²) in [6, 6.07) is 1.71. The van der Waals surface area contributed by atoms with Crippen LogP contribution in [0.15, 0.2) is 15.3 Å². The maximum absolute atomic E-state index is 11.7. The predicted molar refractivity (Wildman–Crippen MR) is 79.1 cm³/mol. The second-order valence-corrected chi connectivity index (χ2v) is 5.08. The fourth-order valence-corrected chi connectivity index (χ4v) is 2.25. The van der Waals surface area contributed by atoms with Crippen LogP contribution in [-0.4, -0.2) is 12.2 Å². The van der Waals surface area contributed by atoms with E-state index in [0.717, 1.165) is 19.3 Å². The summed E-state index contributed by atoms with van der Waals surface area (Å²) in [5.74, 6) is 1.05. The second kappa shape index (κ2) is 9.59. The Morgan fingerprint density at radius 1 is 1.15 bits per heavy atom. The average molecular weight is 282 g/mol. The van der Waals surface area contributed by atoms with Crippen LogP contribution < -0.4 is 10.4 Å². The number of ether oxygens (including phenoxy) is 1. The van der Waals surface area contributed by atoms with E-state index in [-0.39, 0.29) is 12.2 Å². The molecule has 0 aliphatic heterocycles. The highest BCUT2D eigenvalue weighted by Crippen LogP contribution is 2.18. The summed E-state index contributed by atoms with van der Waals surface area (Å²) in [4.78, 5) is 11.7. The van der Waals surface area contributed by atoms with Crippen molar-refractivity contribution < 1.29 is 14.3 Å². The molecule has 4 nitrogen and oxygen atoms in total. The minimum absolute atomic E-state index is 0.191. The molecule has 1 heterocycles. The fraction of sp³-hybridized carbons (Fsp3) is 0.688. The number of aryl methyl sites for hydroxylation is 1. The highest BCUT2D eigenvalue weighted by atomic mass is 16.5. The van der Waals surface area contributed by atoms with Gasteiger partial charge in [-0.2, -0.15) is 0 Å². The van der Waals surface area contributed by atoms with Gasteiger partial charge in [-0.15, -0.1) is 0 Å². The summed E-state index contributed by atoms with van der Waals surface area (Å²) in [5, 5.41) is 9.10. The van der Waals surface area contributed by atoms with Gasteiger partial charge in [0, 0.05) is 12.5 Å². The van der Waals surface area contributed by atoms with E-state index < -0.39 is 5.63 Å². The first-order chi connectivity index (χ1) is 9.72. The molecule has 1 N–H and O–H groups in total. The summed E-state index contributed by atoms with van der Waals surface area (Å²) in [6.07, 6.45) is 9.31. The molecule has 0 saturated carbocycles. The lowest BCUT2D eigenvalue weighted by Crippen LogP contribution is -2.11. The number of methoxy groups -OCH3 is 1. The molecule has 1 aromatic heterocycles. The molecule has 0 bridgehead atoms. The minimum Gasteiger partial charge on any atom is -0.496 e. The van der Waals surface area contributed by atoms with Crippen molar-refractivity contribution in [2.24, 2.45) is 0 Å². The minimum atomic E-state index is -0.496. The lowest BCUT2D eigenvalue weighted by molar-refractivity contribution is 0.263. The monoisotopic (exact) mass is 282 g/mol. The third-order valence-corrected chi connectivity index (χ3v) is 3.46. The molecule has 0 aromatic carbocycles. The van der Waals surface area contributed by atoms with Crippen molar-refractivity contribution in [3.8, 4) is 5.75 Å². The van der Waals surface area contributed by atoms with Gasteiger partial charge in [-0.25, -0.2) is 4.79 Å². The molecule has 4 heteroatoms. The van der Waals surface area contributed by atoms with Crippen LogP contribution in [0.5, 0.6) is 5.75 Å². The molecule has 114 valence electrons. The van der Waals surface area contributed by atoms with E-state index in [1.54, 1.807) is 6.07 Å². The first-order valence-electron chi connectivity index (χ1n) is 7.53. The Bertz CT molecular complexity index is 437. The van der Waals surface area contributed by atoms with Gasteiger partial charge in [-0.3, -0.25) is 0 Å². The van der Waals surface area contributed by atoms with Gasteiger partial charge in [0.15, 0.2) is 0 Å². The Kier molecular flexibility index (Phi) is 8.04. The first-order valence-corrected chi connectivity index (χ1v) is 7.53. The molecule has 0 radical (unpaired) electrons. The van der Waals surface area contributed by atoms with Crippen LogP contribution in [0.25, 0.3) is 0 Å². The zero-order valence-corrected chi connectivity index (χ0v) is 12.6. The van der Waals surface area contributed by atoms with Gasteiger partial charge in [0.05, 0.1) is 13.7 Å². The maximum atomic E-state index is 11.7. The molecule has 1 aromatic rings. The van der Waals surface area contributed by atoms with Crippen molar-refractivity contribution in [3.63, 3.8) is 0 Å². The topological polar surface area (TPSA) is 59.7 Å². The number of rotatable bonds is 10. The SMILES string of the molecule is CCCCCCCCCc1cc(OC)c(CO)c(=O)o1. The van der Waals surface area contributed by atoms with Crippen molar-refractivity contribution in [3.05, 3.63) is 27.8 Å². The van der Waals surface area contributed by atoms with E-state index in [0.29, 0.717) is 11.5 Å². The molecule has 0 unspecified atom stereocenters. The number of aliphatic hydroxyl groups excluding tert-OH is 1. The van der Waals surface area contributed by atoms with Crippen molar-refractivity contribution in [1.82, 2.24) is 0 Å². The molecular weight excluding hydrogens is 256 g/mol. The molecule has 0 fully saturated rings. The van der Waals surface area contributed by atoms with Gasteiger partial charge in [0.2, 0.25) is 0 Å². The van der Waals surface area contributed by atoms with Crippen molar-refractivity contribution in [2.45, 2.75) is 64.9 Å². The van der Waals surface area contributed by atoms with Crippen LogP contribution in [0.2, 0.25) is 0 Å². The van der Waals surface area contributed by atoms with E-state index in [2.05, 4.69) is 6.92 Å². The van der Waals surface area contributed by atoms with E-state index >= 15 is 0 Å². The van der Waals surface area contributed by atoms with Crippen LogP contribution in [0.1, 0.15) is 63.2 Å². The smallest absolute Gasteiger partial charge is 0.345 e. The Hall–Kier alpha value is -1.29. The van der Waals surface area contributed by atoms with E-state index in [9.17, 15) is 4.79 Å². The molecule has 1 rings (SSSR count). The Balaban J connectivity index is 2.41. The molecule has 0 saturated heterocycles. The first kappa shape index (κ1) is 16.8. The van der Waals surface area contributed by atoms with Crippen LogP contribution >= 0.6 is 0 Å². The van der Waals surface area contributed by atoms with Gasteiger partial charge in [-0.1, -0.05) is 45.4 Å². The Morgan fingerprint density at radius 2 is 1.80 bits per heavy atom. The standard InChI is InChI=1S/C16H26O4/c1-3-4-5-6-7-8-9-10-13-11-15(19-2)14(12-17)16(18)20-13/h11,17H,3-10,12H2,1-2H3. The molecule has 0 aliphatic rings. The zero-order valence-electron chi connectivity index (χ0n) is 12.6. The molecule has 0 spiro atoms. The van der Waals surface area contributed by atoms with E-state index in [1.165, 1.54) is 39.2 Å². The molecular formula is C16H26O4. The van der Waals surface area contributed by atoms with Crippen molar-refractivity contribution in [2.75, 3.05) is 7.11 Å². The number of hydrogen-bond acceptors (Lipinski definition) is 4. The highest BCUT2D eigenvalue weighted by molar-refractivity contribution is 5.30. The van der Waals surface area contributed by atoms with Crippen molar-refractivity contribution in [1.29, 1.82) is 0 Å². The van der Waals surface area contributed by atoms with Crippen LogP contribution in [0, 0.1) is 0 Å². The lowest BCUT2D eigenvalue weighted by Gasteiger charge is -2.07. The van der Waals surface area contributed by atoms with Gasteiger partial charge in [0.1, 0.15) is 17.1 Å². The van der Waals surface area contributed by atoms with Gasteiger partial charge in [0.25, 0.3) is 0 Å². The van der Waals surface area contributed by atoms with Crippen LogP contribution in [0.4, 0.5) is 0 Å². The number of unbranched alkanes of at least 4 members (excludes halogenated alkanes) is 6. The number of aliphatic hydroxyl groups is 1. The maximum Gasteiger partial charge on any atom is 0.345 e. The normalized spacial score (nSPS) is 10.8. The van der Waals surface area contributed by atoms with Gasteiger partial charge in [-0.05, 0) is 6.42 Å². The van der Waals surface area contributed by atoms with Crippen molar-refractivity contribution >= 4 is 0 Å². The quantitative estimate of drug-likeness (QED) is 0.668. The highest BCUT2D eigenvalue weighted by Gasteiger charge is 2.11. The lowest BCUT2D eigenvalue weighted by atomic mass is 10.1. The summed E-state index contributed by atoms with van der Waals surface area (Å²) in [5.41, 5.74) is -0.305. The summed E-state index contributed by atoms with van der Waals surface area (Å²) in [7, 11) is 1.49. The third kappa shape index (κ3) is 5.37. The van der Waals surface area contributed by atoms with E-state index in [1.807, 2.05) is 0 Å².